The molecule has 0 saturated heterocycles. The van der Waals surface area contributed by atoms with Crippen molar-refractivity contribution in [1.82, 2.24) is 0 Å². The molecule has 3 nitrogen and oxygen atoms in total. The van der Waals surface area contributed by atoms with Crippen molar-refractivity contribution in [2.24, 2.45) is 0 Å². The summed E-state index contributed by atoms with van der Waals surface area (Å²) in [7, 11) is 0. The number of aliphatic hydroxyl groups is 1. The molecule has 0 aromatic heterocycles. The maximum atomic E-state index is 9.42. The molecule has 2 atom stereocenters. The number of rotatable bonds is 4. The van der Waals surface area contributed by atoms with Gasteiger partial charge in [0.05, 0.1) is 12.4 Å². The zero-order chi connectivity index (χ0) is 11.6. The third-order valence-electron chi connectivity index (χ3n) is 1.82. The molecule has 0 spiro atoms. The second-order valence-electron chi connectivity index (χ2n) is 3.22. The molecule has 3 heteroatoms. The Morgan fingerprint density at radius 2 is 2.44 bits per heavy atom. The van der Waals surface area contributed by atoms with Crippen LogP contribution in [0.5, 0.6) is 0 Å². The Bertz CT molecular complexity index is 331. The topological polar surface area (TPSA) is 38.7 Å². The highest BCUT2D eigenvalue weighted by molar-refractivity contribution is 5.07. The highest BCUT2D eigenvalue weighted by atomic mass is 16.7. The van der Waals surface area contributed by atoms with Crippen LogP contribution < -0.4 is 0 Å². The van der Waals surface area contributed by atoms with Crippen molar-refractivity contribution >= 4 is 0 Å². The van der Waals surface area contributed by atoms with Gasteiger partial charge in [0.25, 0.3) is 6.29 Å². The first kappa shape index (κ1) is 12.4. The van der Waals surface area contributed by atoms with Gasteiger partial charge >= 0.3 is 0 Å². The largest absolute Gasteiger partial charge is 0.458 e. The van der Waals surface area contributed by atoms with E-state index in [0.717, 1.165) is 6.42 Å². The Labute approximate surface area is 96.1 Å². The fourth-order valence-electron chi connectivity index (χ4n) is 1.04. The quantitative estimate of drug-likeness (QED) is 0.582. The second kappa shape index (κ2) is 7.61. The molecule has 0 bridgehead atoms. The van der Waals surface area contributed by atoms with Crippen LogP contribution in [-0.2, 0) is 9.47 Å². The highest BCUT2D eigenvalue weighted by Crippen LogP contribution is 2.02. The van der Waals surface area contributed by atoms with E-state index < -0.39 is 12.4 Å². The van der Waals surface area contributed by atoms with Gasteiger partial charge in [0, 0.05) is 6.42 Å². The summed E-state index contributed by atoms with van der Waals surface area (Å²) in [5.74, 6) is 2.73. The number of allylic oxidation sites excluding steroid dienone is 3. The first-order valence-corrected chi connectivity index (χ1v) is 5.30. The monoisotopic (exact) mass is 220 g/mol. The van der Waals surface area contributed by atoms with E-state index in [4.69, 9.17) is 9.47 Å². The van der Waals surface area contributed by atoms with Gasteiger partial charge in [-0.2, -0.15) is 0 Å². The van der Waals surface area contributed by atoms with Crippen LogP contribution in [0.25, 0.3) is 0 Å². The summed E-state index contributed by atoms with van der Waals surface area (Å²) >= 11 is 0. The molecule has 2 unspecified atom stereocenters. The first-order chi connectivity index (χ1) is 7.83. The minimum atomic E-state index is -0.529. The zero-order valence-electron chi connectivity index (χ0n) is 9.30. The van der Waals surface area contributed by atoms with Gasteiger partial charge in [-0.1, -0.05) is 31.1 Å². The molecule has 1 rings (SSSR count). The van der Waals surface area contributed by atoms with Gasteiger partial charge < -0.3 is 14.6 Å². The molecular formula is C13H16O3. The predicted octanol–water partition coefficient (Wildman–Crippen LogP) is 2.11. The third kappa shape index (κ3) is 5.28. The summed E-state index contributed by atoms with van der Waals surface area (Å²) < 4.78 is 10.2. The maximum absolute atomic E-state index is 9.42. The molecule has 0 aromatic rings. The zero-order valence-corrected chi connectivity index (χ0v) is 9.30. The van der Waals surface area contributed by atoms with E-state index in [-0.39, 0.29) is 0 Å². The molecule has 86 valence electrons. The van der Waals surface area contributed by atoms with E-state index in [2.05, 4.69) is 12.0 Å². The molecule has 0 saturated carbocycles. The summed E-state index contributed by atoms with van der Waals surface area (Å²) in [6.45, 7) is 2.01. The van der Waals surface area contributed by atoms with Gasteiger partial charge in [-0.3, -0.25) is 0 Å². The second-order valence-corrected chi connectivity index (χ2v) is 3.22. The Hall–Kier alpha value is -1.66. The van der Waals surface area contributed by atoms with Crippen LogP contribution in [0.1, 0.15) is 19.8 Å². The molecule has 16 heavy (non-hydrogen) atoms. The Kier molecular flexibility index (Phi) is 5.90. The minimum Gasteiger partial charge on any atom is -0.458 e. The molecule has 0 amide bonds. The Morgan fingerprint density at radius 3 is 3.12 bits per heavy atom. The van der Waals surface area contributed by atoms with Crippen molar-refractivity contribution in [3.8, 4) is 12.0 Å². The molecule has 1 N–H and O–H groups in total. The van der Waals surface area contributed by atoms with Crippen molar-refractivity contribution in [2.75, 3.05) is 0 Å². The number of hydrogen-bond donors (Lipinski definition) is 1. The van der Waals surface area contributed by atoms with Crippen molar-refractivity contribution in [3.63, 3.8) is 0 Å². The van der Waals surface area contributed by atoms with Gasteiger partial charge in [0.15, 0.2) is 0 Å². The van der Waals surface area contributed by atoms with E-state index in [1.807, 2.05) is 19.1 Å². The smallest absolute Gasteiger partial charge is 0.270 e. The minimum absolute atomic E-state index is 0.364. The van der Waals surface area contributed by atoms with Crippen LogP contribution in [-0.4, -0.2) is 17.5 Å². The molecule has 0 aromatic carbocycles. The average Bonchev–Trinajstić information content (AvgIpc) is 2.33. The van der Waals surface area contributed by atoms with Crippen molar-refractivity contribution in [1.29, 1.82) is 0 Å². The molecule has 1 aliphatic heterocycles. The fraction of sp³-hybridized carbons (Fsp3) is 0.385. The standard InChI is InChI=1S/C13H16O3/c1-2-3-7-12(14)8-6-11-16-13-9-4-5-10-15-13/h3-5,7,9-10,12-14H,2,8H2,1H3/b7-3+. The van der Waals surface area contributed by atoms with E-state index in [0.29, 0.717) is 6.42 Å². The lowest BCUT2D eigenvalue weighted by molar-refractivity contribution is -0.0138. The maximum Gasteiger partial charge on any atom is 0.270 e. The molecule has 1 heterocycles. The SMILES string of the molecule is CC/C=C/C(O)CC#COC1C=CC=CO1. The first-order valence-electron chi connectivity index (χ1n) is 5.30. The molecule has 0 fully saturated rings. The van der Waals surface area contributed by atoms with Gasteiger partial charge in [-0.15, -0.1) is 0 Å². The van der Waals surface area contributed by atoms with Crippen LogP contribution in [0, 0.1) is 12.0 Å². The van der Waals surface area contributed by atoms with Crippen LogP contribution in [0.3, 0.4) is 0 Å². The van der Waals surface area contributed by atoms with Crippen LogP contribution >= 0.6 is 0 Å². The fourth-order valence-corrected chi connectivity index (χ4v) is 1.04. The third-order valence-corrected chi connectivity index (χ3v) is 1.82. The van der Waals surface area contributed by atoms with Crippen LogP contribution in [0.2, 0.25) is 0 Å². The normalized spacial score (nSPS) is 20.0. The van der Waals surface area contributed by atoms with E-state index in [1.165, 1.54) is 0 Å². The molecular weight excluding hydrogens is 204 g/mol. The predicted molar refractivity (Wildman–Crippen MR) is 62.1 cm³/mol. The number of aliphatic hydroxyl groups excluding tert-OH is 1. The Morgan fingerprint density at radius 1 is 1.56 bits per heavy atom. The number of hydrogen-bond acceptors (Lipinski definition) is 3. The molecule has 0 radical (unpaired) electrons. The van der Waals surface area contributed by atoms with Gasteiger partial charge in [-0.05, 0) is 18.6 Å². The van der Waals surface area contributed by atoms with E-state index >= 15 is 0 Å². The summed E-state index contributed by atoms with van der Waals surface area (Å²) in [6, 6.07) is 0. The van der Waals surface area contributed by atoms with Crippen LogP contribution in [0.4, 0.5) is 0 Å². The summed E-state index contributed by atoms with van der Waals surface area (Å²) in [5, 5.41) is 9.42. The van der Waals surface area contributed by atoms with Crippen molar-refractivity contribution < 1.29 is 14.6 Å². The average molecular weight is 220 g/mol. The van der Waals surface area contributed by atoms with Crippen molar-refractivity contribution in [2.45, 2.75) is 32.2 Å². The van der Waals surface area contributed by atoms with Crippen molar-refractivity contribution in [3.05, 3.63) is 36.6 Å². The van der Waals surface area contributed by atoms with E-state index in [9.17, 15) is 5.11 Å². The van der Waals surface area contributed by atoms with Crippen LogP contribution in [0.15, 0.2) is 36.6 Å². The Balaban J connectivity index is 2.20. The summed E-state index contributed by atoms with van der Waals surface area (Å²) in [4.78, 5) is 0. The number of ether oxygens (including phenoxy) is 2. The lowest BCUT2D eigenvalue weighted by Crippen LogP contribution is -2.09. The molecule has 1 aliphatic rings. The van der Waals surface area contributed by atoms with Gasteiger partial charge in [-0.25, -0.2) is 0 Å². The lowest BCUT2D eigenvalue weighted by atomic mass is 10.2. The highest BCUT2D eigenvalue weighted by Gasteiger charge is 2.03. The van der Waals surface area contributed by atoms with Gasteiger partial charge in [0.2, 0.25) is 0 Å². The lowest BCUT2D eigenvalue weighted by Gasteiger charge is -2.11. The summed E-state index contributed by atoms with van der Waals surface area (Å²) in [6.07, 6.45) is 13.3. The molecule has 0 aliphatic carbocycles. The van der Waals surface area contributed by atoms with Gasteiger partial charge in [0.1, 0.15) is 6.11 Å². The van der Waals surface area contributed by atoms with E-state index in [1.54, 1.807) is 24.5 Å². The summed E-state index contributed by atoms with van der Waals surface area (Å²) in [5.41, 5.74) is 0.